The Morgan fingerprint density at radius 3 is 2.65 bits per heavy atom. The number of benzene rings is 2. The van der Waals surface area contributed by atoms with E-state index in [2.05, 4.69) is 17.9 Å². The quantitative estimate of drug-likeness (QED) is 0.412. The molecule has 6 atom stereocenters. The van der Waals surface area contributed by atoms with Gasteiger partial charge in [0.2, 0.25) is 5.91 Å². The highest BCUT2D eigenvalue weighted by Crippen LogP contribution is 2.44. The first-order valence-electron chi connectivity index (χ1n) is 15.4. The number of carbonyl (C=O) groups excluding carboxylic acids is 1. The third kappa shape index (κ3) is 6.42. The van der Waals surface area contributed by atoms with Crippen LogP contribution in [0.3, 0.4) is 0 Å². The van der Waals surface area contributed by atoms with Crippen LogP contribution in [-0.4, -0.2) is 71.0 Å². The van der Waals surface area contributed by atoms with E-state index < -0.39 is 30.0 Å². The number of fused-ring (bicyclic) bond motifs is 2. The first-order chi connectivity index (χ1) is 20.5. The molecule has 2 aliphatic heterocycles. The number of halogens is 1. The van der Waals surface area contributed by atoms with E-state index in [1.807, 2.05) is 31.2 Å². The molecule has 8 nitrogen and oxygen atoms in total. The zero-order chi connectivity index (χ0) is 30.9. The number of carboxylic acids is 1. The highest BCUT2D eigenvalue weighted by atomic mass is 35.5. The molecular weight excluding hydrogens is 568 g/mol. The molecule has 1 aliphatic carbocycles. The van der Waals surface area contributed by atoms with Crippen molar-refractivity contribution in [2.75, 3.05) is 31.6 Å². The van der Waals surface area contributed by atoms with Crippen LogP contribution in [0.2, 0.25) is 5.02 Å². The van der Waals surface area contributed by atoms with E-state index in [1.54, 1.807) is 25.2 Å². The van der Waals surface area contributed by atoms with Crippen LogP contribution in [0.5, 0.6) is 5.75 Å². The molecule has 5 rings (SSSR count). The lowest BCUT2D eigenvalue weighted by Crippen LogP contribution is -2.45. The van der Waals surface area contributed by atoms with Gasteiger partial charge in [-0.3, -0.25) is 4.79 Å². The van der Waals surface area contributed by atoms with Gasteiger partial charge < -0.3 is 29.9 Å². The molecule has 5 unspecified atom stereocenters. The number of carbonyl (C=O) groups is 2. The zero-order valence-electron chi connectivity index (χ0n) is 25.2. The van der Waals surface area contributed by atoms with Crippen molar-refractivity contribution in [2.24, 2.45) is 11.8 Å². The maximum absolute atomic E-state index is 13.2. The van der Waals surface area contributed by atoms with E-state index in [0.29, 0.717) is 42.6 Å². The summed E-state index contributed by atoms with van der Waals surface area (Å²) in [7, 11) is 1.61. The molecule has 1 fully saturated rings. The van der Waals surface area contributed by atoms with Gasteiger partial charge in [0.15, 0.2) is 5.60 Å². The molecule has 3 N–H and O–H groups in total. The predicted octanol–water partition coefficient (Wildman–Crippen LogP) is 5.13. The van der Waals surface area contributed by atoms with Crippen molar-refractivity contribution in [3.63, 3.8) is 0 Å². The van der Waals surface area contributed by atoms with E-state index in [9.17, 15) is 24.9 Å². The van der Waals surface area contributed by atoms with Gasteiger partial charge in [-0.25, -0.2) is 4.79 Å². The molecule has 0 aromatic heterocycles. The Morgan fingerprint density at radius 1 is 1.16 bits per heavy atom. The number of aryl methyl sites for hydroxylation is 1. The molecule has 1 amide bonds. The number of anilines is 1. The van der Waals surface area contributed by atoms with Gasteiger partial charge in [0, 0.05) is 37.1 Å². The summed E-state index contributed by atoms with van der Waals surface area (Å²) < 4.78 is 6.39. The number of aliphatic hydroxyl groups excluding tert-OH is 1. The van der Waals surface area contributed by atoms with Crippen molar-refractivity contribution in [3.05, 3.63) is 70.3 Å². The van der Waals surface area contributed by atoms with Crippen LogP contribution in [0.4, 0.5) is 5.69 Å². The SMILES string of the molecule is CCCc1cc(Cl)ccc1C1COc2ccc3cc2N(C1)CC1CCC1C(O)/C=C/CC(C)N(C)C(=O)C[C@@]3(O)C(=O)O. The highest BCUT2D eigenvalue weighted by Gasteiger charge is 2.43. The lowest BCUT2D eigenvalue weighted by Gasteiger charge is -2.43. The van der Waals surface area contributed by atoms with E-state index >= 15 is 0 Å². The average molecular weight is 611 g/mol. The number of ether oxygens (including phenoxy) is 1. The summed E-state index contributed by atoms with van der Waals surface area (Å²) in [4.78, 5) is 29.5. The Balaban J connectivity index is 1.59. The summed E-state index contributed by atoms with van der Waals surface area (Å²) in [5.74, 6) is -1.03. The maximum Gasteiger partial charge on any atom is 0.340 e. The fraction of sp³-hybridized carbons (Fsp3) is 0.529. The van der Waals surface area contributed by atoms with E-state index in [4.69, 9.17) is 16.3 Å². The Hall–Kier alpha value is -3.07. The second kappa shape index (κ2) is 12.9. The number of aliphatic hydroxyl groups is 2. The number of hydrogen-bond acceptors (Lipinski definition) is 6. The molecule has 0 radical (unpaired) electrons. The van der Waals surface area contributed by atoms with Gasteiger partial charge in [0.25, 0.3) is 0 Å². The smallest absolute Gasteiger partial charge is 0.340 e. The van der Waals surface area contributed by atoms with Crippen molar-refractivity contribution in [3.8, 4) is 5.75 Å². The van der Waals surface area contributed by atoms with E-state index in [0.717, 1.165) is 25.7 Å². The third-order valence-electron chi connectivity index (χ3n) is 9.72. The number of rotatable bonds is 4. The topological polar surface area (TPSA) is 111 Å². The summed E-state index contributed by atoms with van der Waals surface area (Å²) in [5, 5.41) is 33.6. The number of carboxylic acid groups (broad SMARTS) is 1. The number of nitrogens with zero attached hydrogens (tertiary/aromatic N) is 2. The molecule has 2 heterocycles. The number of hydrogen-bond donors (Lipinski definition) is 3. The minimum Gasteiger partial charge on any atom is -0.491 e. The van der Waals surface area contributed by atoms with Crippen molar-refractivity contribution in [1.29, 1.82) is 0 Å². The average Bonchev–Trinajstić information content (AvgIpc) is 3.13. The van der Waals surface area contributed by atoms with Crippen molar-refractivity contribution >= 4 is 29.2 Å². The van der Waals surface area contributed by atoms with Crippen LogP contribution in [0.15, 0.2) is 48.6 Å². The summed E-state index contributed by atoms with van der Waals surface area (Å²) in [5.41, 5.74) is 0.760. The van der Waals surface area contributed by atoms with Crippen LogP contribution < -0.4 is 9.64 Å². The van der Waals surface area contributed by atoms with E-state index in [1.165, 1.54) is 16.0 Å². The maximum atomic E-state index is 13.2. The van der Waals surface area contributed by atoms with Crippen molar-refractivity contribution in [2.45, 2.75) is 76.0 Å². The van der Waals surface area contributed by atoms with Gasteiger partial charge in [-0.2, -0.15) is 0 Å². The van der Waals surface area contributed by atoms with Gasteiger partial charge in [0.05, 0.1) is 24.8 Å². The summed E-state index contributed by atoms with van der Waals surface area (Å²) >= 11 is 6.38. The summed E-state index contributed by atoms with van der Waals surface area (Å²) in [6.45, 7) is 5.68. The van der Waals surface area contributed by atoms with Crippen molar-refractivity contribution in [1.82, 2.24) is 4.90 Å². The van der Waals surface area contributed by atoms with Gasteiger partial charge in [-0.15, -0.1) is 0 Å². The van der Waals surface area contributed by atoms with Crippen molar-refractivity contribution < 1.29 is 29.6 Å². The van der Waals surface area contributed by atoms with Crippen LogP contribution in [-0.2, 0) is 21.6 Å². The molecular formula is C34H43ClN2O6. The summed E-state index contributed by atoms with van der Waals surface area (Å²) in [6.07, 6.45) is 6.80. The molecule has 3 aliphatic rings. The fourth-order valence-electron chi connectivity index (χ4n) is 6.73. The Bertz CT molecular complexity index is 1380. The molecule has 232 valence electrons. The second-order valence-corrected chi connectivity index (χ2v) is 13.0. The number of amides is 1. The normalized spacial score (nSPS) is 30.5. The largest absolute Gasteiger partial charge is 0.491 e. The standard InChI is InChI=1S/C34H43ClN2O6/c1-4-6-22-15-26(35)11-13-27(22)24-19-37-18-23-9-12-28(23)30(38)8-5-7-21(2)36(3)32(39)17-34(42,33(40)41)25-10-14-31(43-20-24)29(37)16-25/h5,8,10-11,13-16,21,23-24,28,30,38,42H,4,6-7,9,12,17-20H2,1-3H3,(H,40,41)/b8-5+/t21?,23?,24?,28?,30?,34-/m0/s1. The molecule has 9 heteroatoms. The lowest BCUT2D eigenvalue weighted by molar-refractivity contribution is -0.165. The van der Waals surface area contributed by atoms with Gasteiger partial charge in [-0.05, 0) is 85.4 Å². The molecule has 2 aromatic carbocycles. The van der Waals surface area contributed by atoms with Gasteiger partial charge in [0.1, 0.15) is 5.75 Å². The minimum absolute atomic E-state index is 0.0127. The Kier molecular flexibility index (Phi) is 9.40. The zero-order valence-corrected chi connectivity index (χ0v) is 26.0. The van der Waals surface area contributed by atoms with Crippen LogP contribution in [0.25, 0.3) is 0 Å². The molecule has 0 saturated heterocycles. The highest BCUT2D eigenvalue weighted by molar-refractivity contribution is 6.30. The predicted molar refractivity (Wildman–Crippen MR) is 167 cm³/mol. The Labute approximate surface area is 258 Å². The second-order valence-electron chi connectivity index (χ2n) is 12.5. The van der Waals surface area contributed by atoms with Crippen LogP contribution in [0, 0.1) is 11.8 Å². The molecule has 43 heavy (non-hydrogen) atoms. The molecule has 2 aromatic rings. The Morgan fingerprint density at radius 2 is 1.95 bits per heavy atom. The minimum atomic E-state index is -2.41. The molecule has 1 saturated carbocycles. The fourth-order valence-corrected chi connectivity index (χ4v) is 6.93. The van der Waals surface area contributed by atoms with E-state index in [-0.39, 0.29) is 29.4 Å². The summed E-state index contributed by atoms with van der Waals surface area (Å²) in [6, 6.07) is 10.7. The van der Waals surface area contributed by atoms with Gasteiger partial charge in [-0.1, -0.05) is 49.2 Å². The monoisotopic (exact) mass is 610 g/mol. The van der Waals surface area contributed by atoms with Crippen LogP contribution >= 0.6 is 11.6 Å². The van der Waals surface area contributed by atoms with Crippen LogP contribution in [0.1, 0.15) is 68.6 Å². The lowest BCUT2D eigenvalue weighted by atomic mass is 9.70. The van der Waals surface area contributed by atoms with Gasteiger partial charge >= 0.3 is 5.97 Å². The first kappa shape index (κ1) is 31.4. The molecule has 0 spiro atoms. The first-order valence-corrected chi connectivity index (χ1v) is 15.8. The number of aliphatic carboxylic acids is 1. The molecule has 2 bridgehead atoms. The third-order valence-corrected chi connectivity index (χ3v) is 9.95.